The summed E-state index contributed by atoms with van der Waals surface area (Å²) in [6.07, 6.45) is 0. The number of nitrogens with two attached hydrogens (primary N) is 1. The Balaban J connectivity index is 2.78. The van der Waals surface area contributed by atoms with Gasteiger partial charge in [-0.2, -0.15) is 0 Å². The van der Waals surface area contributed by atoms with Crippen molar-refractivity contribution in [2.24, 2.45) is 5.11 Å². The first-order valence-corrected chi connectivity index (χ1v) is 4.14. The van der Waals surface area contributed by atoms with Gasteiger partial charge in [0.25, 0.3) is 0 Å². The highest BCUT2D eigenvalue weighted by Gasteiger charge is 1.98. The van der Waals surface area contributed by atoms with Gasteiger partial charge in [-0.1, -0.05) is 29.4 Å². The van der Waals surface area contributed by atoms with Gasteiger partial charge in [-0.25, -0.2) is 0 Å². The van der Waals surface area contributed by atoms with Crippen LogP contribution in [-0.4, -0.2) is 0 Å². The predicted octanol–water partition coefficient (Wildman–Crippen LogP) is 3.36. The lowest BCUT2D eigenvalue weighted by Gasteiger charge is -2.02. The minimum absolute atomic E-state index is 0.545. The molecule has 2 rings (SSSR count). The molecule has 0 spiro atoms. The van der Waals surface area contributed by atoms with Crippen LogP contribution in [0.3, 0.4) is 0 Å². The molecule has 0 aliphatic carbocycles. The first-order valence-electron chi connectivity index (χ1n) is 4.14. The quantitative estimate of drug-likeness (QED) is 0.313. The van der Waals surface area contributed by atoms with E-state index < -0.39 is 0 Å². The molecule has 4 heteroatoms. The number of anilines is 1. The van der Waals surface area contributed by atoms with Crippen molar-refractivity contribution in [3.63, 3.8) is 0 Å². The van der Waals surface area contributed by atoms with Crippen molar-refractivity contribution >= 4 is 22.1 Å². The Morgan fingerprint density at radius 2 is 2.00 bits per heavy atom. The molecule has 0 unspecified atom stereocenters. The Labute approximate surface area is 80.6 Å². The summed E-state index contributed by atoms with van der Waals surface area (Å²) in [6, 6.07) is 11.2. The number of hydrogen-bond donors (Lipinski definition) is 1. The molecule has 0 aliphatic rings. The number of fused-ring (bicyclic) bond motifs is 1. The van der Waals surface area contributed by atoms with Crippen molar-refractivity contribution in [3.05, 3.63) is 46.8 Å². The number of hydrogen-bond acceptors (Lipinski definition) is 2. The molecule has 0 amide bonds. The zero-order valence-electron chi connectivity index (χ0n) is 7.38. The standard InChI is InChI=1S/C10H8N4/c11-10-6-8(13-14-12)5-7-3-1-2-4-9(7)10/h1-6H,11H2. The van der Waals surface area contributed by atoms with Crippen LogP contribution in [0, 0.1) is 0 Å². The van der Waals surface area contributed by atoms with Gasteiger partial charge in [0, 0.05) is 21.7 Å². The lowest BCUT2D eigenvalue weighted by Crippen LogP contribution is -1.85. The number of nitrogen functional groups attached to an aromatic ring is 1. The van der Waals surface area contributed by atoms with Crippen LogP contribution in [0.5, 0.6) is 0 Å². The molecule has 14 heavy (non-hydrogen) atoms. The molecule has 0 atom stereocenters. The van der Waals surface area contributed by atoms with E-state index in [2.05, 4.69) is 10.0 Å². The van der Waals surface area contributed by atoms with E-state index in [4.69, 9.17) is 11.3 Å². The summed E-state index contributed by atoms with van der Waals surface area (Å²) in [6.45, 7) is 0. The van der Waals surface area contributed by atoms with Crippen LogP contribution < -0.4 is 5.73 Å². The van der Waals surface area contributed by atoms with E-state index in [-0.39, 0.29) is 0 Å². The summed E-state index contributed by atoms with van der Waals surface area (Å²) in [4.78, 5) is 2.72. The third kappa shape index (κ3) is 1.34. The molecular formula is C10H8N4. The monoisotopic (exact) mass is 184 g/mol. The molecule has 0 saturated heterocycles. The largest absolute Gasteiger partial charge is 0.398 e. The molecule has 0 bridgehead atoms. The van der Waals surface area contributed by atoms with E-state index >= 15 is 0 Å². The van der Waals surface area contributed by atoms with Crippen LogP contribution in [0.1, 0.15) is 0 Å². The Hall–Kier alpha value is -2.19. The molecule has 0 aromatic heterocycles. The molecule has 4 nitrogen and oxygen atoms in total. The van der Waals surface area contributed by atoms with Gasteiger partial charge in [0.2, 0.25) is 0 Å². The maximum atomic E-state index is 8.30. The van der Waals surface area contributed by atoms with Gasteiger partial charge in [0.15, 0.2) is 0 Å². The molecule has 0 aliphatic heterocycles. The number of rotatable bonds is 1. The molecule has 0 saturated carbocycles. The van der Waals surface area contributed by atoms with Crippen LogP contribution in [0.2, 0.25) is 0 Å². The first kappa shape index (κ1) is 8.41. The van der Waals surface area contributed by atoms with E-state index in [1.807, 2.05) is 30.3 Å². The second kappa shape index (κ2) is 3.28. The first-order chi connectivity index (χ1) is 6.81. The number of nitrogens with zero attached hydrogens (tertiary/aromatic N) is 3. The van der Waals surface area contributed by atoms with Crippen molar-refractivity contribution < 1.29 is 0 Å². The fourth-order valence-electron chi connectivity index (χ4n) is 1.43. The topological polar surface area (TPSA) is 74.8 Å². The molecular weight excluding hydrogens is 176 g/mol. The Bertz CT molecular complexity index is 527. The van der Waals surface area contributed by atoms with Crippen LogP contribution in [0.15, 0.2) is 41.5 Å². The SMILES string of the molecule is [N-]=[N+]=Nc1cc(N)c2ccccc2c1. The van der Waals surface area contributed by atoms with Gasteiger partial charge in [0.05, 0.1) is 0 Å². The van der Waals surface area contributed by atoms with Gasteiger partial charge < -0.3 is 5.73 Å². The van der Waals surface area contributed by atoms with E-state index in [1.165, 1.54) is 0 Å². The fraction of sp³-hybridized carbons (Fsp3) is 0. The Morgan fingerprint density at radius 3 is 2.79 bits per heavy atom. The number of benzene rings is 2. The average molecular weight is 184 g/mol. The predicted molar refractivity (Wildman–Crippen MR) is 57.2 cm³/mol. The summed E-state index contributed by atoms with van der Waals surface area (Å²) in [5.74, 6) is 0. The van der Waals surface area contributed by atoms with Gasteiger partial charge in [-0.05, 0) is 23.1 Å². The summed E-state index contributed by atoms with van der Waals surface area (Å²) < 4.78 is 0. The maximum absolute atomic E-state index is 8.30. The van der Waals surface area contributed by atoms with Crippen molar-refractivity contribution in [2.75, 3.05) is 5.73 Å². The van der Waals surface area contributed by atoms with Crippen LogP contribution in [0.25, 0.3) is 21.2 Å². The second-order valence-corrected chi connectivity index (χ2v) is 2.95. The van der Waals surface area contributed by atoms with E-state index in [9.17, 15) is 0 Å². The van der Waals surface area contributed by atoms with Gasteiger partial charge in [0.1, 0.15) is 0 Å². The average Bonchev–Trinajstić information content (AvgIpc) is 2.18. The van der Waals surface area contributed by atoms with E-state index in [1.54, 1.807) is 6.07 Å². The molecule has 68 valence electrons. The van der Waals surface area contributed by atoms with Gasteiger partial charge in [-0.15, -0.1) is 0 Å². The molecule has 0 fully saturated rings. The smallest absolute Gasteiger partial charge is 0.0402 e. The third-order valence-electron chi connectivity index (χ3n) is 2.04. The van der Waals surface area contributed by atoms with Crippen LogP contribution in [-0.2, 0) is 0 Å². The van der Waals surface area contributed by atoms with Crippen molar-refractivity contribution in [3.8, 4) is 0 Å². The minimum atomic E-state index is 0.545. The van der Waals surface area contributed by atoms with Crippen LogP contribution in [0.4, 0.5) is 11.4 Å². The van der Waals surface area contributed by atoms with Crippen molar-refractivity contribution in [1.29, 1.82) is 0 Å². The highest BCUT2D eigenvalue weighted by molar-refractivity contribution is 5.95. The summed E-state index contributed by atoms with van der Waals surface area (Å²) in [7, 11) is 0. The zero-order valence-corrected chi connectivity index (χ0v) is 7.38. The maximum Gasteiger partial charge on any atom is 0.0402 e. The second-order valence-electron chi connectivity index (χ2n) is 2.95. The molecule has 0 radical (unpaired) electrons. The highest BCUT2D eigenvalue weighted by atomic mass is 15.1. The zero-order chi connectivity index (χ0) is 9.97. The molecule has 2 aromatic carbocycles. The van der Waals surface area contributed by atoms with Gasteiger partial charge >= 0.3 is 0 Å². The Morgan fingerprint density at radius 1 is 1.21 bits per heavy atom. The summed E-state index contributed by atoms with van der Waals surface area (Å²) >= 11 is 0. The third-order valence-corrected chi connectivity index (χ3v) is 2.04. The van der Waals surface area contributed by atoms with Gasteiger partial charge in [-0.3, -0.25) is 0 Å². The van der Waals surface area contributed by atoms with E-state index in [0.717, 1.165) is 10.8 Å². The van der Waals surface area contributed by atoms with E-state index in [0.29, 0.717) is 11.4 Å². The summed E-state index contributed by atoms with van der Waals surface area (Å²) in [5, 5.41) is 5.48. The molecule has 2 N–H and O–H groups in total. The van der Waals surface area contributed by atoms with Crippen molar-refractivity contribution in [2.45, 2.75) is 0 Å². The fourth-order valence-corrected chi connectivity index (χ4v) is 1.43. The normalized spacial score (nSPS) is 9.71. The lowest BCUT2D eigenvalue weighted by molar-refractivity contribution is 1.50. The molecule has 0 heterocycles. The minimum Gasteiger partial charge on any atom is -0.398 e. The molecule has 2 aromatic rings. The van der Waals surface area contributed by atoms with Crippen LogP contribution >= 0.6 is 0 Å². The lowest BCUT2D eigenvalue weighted by atomic mass is 10.1. The highest BCUT2D eigenvalue weighted by Crippen LogP contribution is 2.27. The Kier molecular flexibility index (Phi) is 1.97. The van der Waals surface area contributed by atoms with Crippen molar-refractivity contribution in [1.82, 2.24) is 0 Å². The number of azide groups is 1. The summed E-state index contributed by atoms with van der Waals surface area (Å²) in [5.41, 5.74) is 15.3.